The van der Waals surface area contributed by atoms with Crippen LogP contribution < -0.4 is 24.4 Å². The van der Waals surface area contributed by atoms with E-state index in [-0.39, 0.29) is 23.8 Å². The first-order valence-corrected chi connectivity index (χ1v) is 11.8. The molecule has 190 valence electrons. The van der Waals surface area contributed by atoms with Crippen molar-refractivity contribution >= 4 is 41.2 Å². The van der Waals surface area contributed by atoms with Crippen molar-refractivity contribution in [1.29, 1.82) is 0 Å². The normalized spacial score (nSPS) is 14.5. The average molecular weight is 521 g/mol. The van der Waals surface area contributed by atoms with Gasteiger partial charge in [-0.25, -0.2) is 9.69 Å². The largest absolute Gasteiger partial charge is 0.493 e. The van der Waals surface area contributed by atoms with Crippen molar-refractivity contribution in [2.75, 3.05) is 25.2 Å². The minimum Gasteiger partial charge on any atom is -0.493 e. The second-order valence-corrected chi connectivity index (χ2v) is 8.75. The summed E-state index contributed by atoms with van der Waals surface area (Å²) in [4.78, 5) is 39.0. The smallest absolute Gasteiger partial charge is 0.335 e. The number of hydrogen-bond acceptors (Lipinski definition) is 6. The van der Waals surface area contributed by atoms with E-state index in [1.54, 1.807) is 36.4 Å². The van der Waals surface area contributed by atoms with Crippen molar-refractivity contribution in [3.05, 3.63) is 87.9 Å². The Morgan fingerprint density at radius 2 is 1.65 bits per heavy atom. The maximum atomic E-state index is 13.1. The number of carbonyl (C=O) groups excluding carboxylic acids is 3. The number of methoxy groups -OCH3 is 1. The SMILES string of the molecule is COc1cc(C=C2C(=O)NC(=O)N(c3ccc(C)cc3)C2=O)cc(Cl)c1OCCOc1cccc(C)c1. The lowest BCUT2D eigenvalue weighted by Crippen LogP contribution is -2.54. The molecule has 3 aromatic carbocycles. The summed E-state index contributed by atoms with van der Waals surface area (Å²) in [6.45, 7) is 4.36. The number of rotatable bonds is 8. The maximum absolute atomic E-state index is 13.1. The number of anilines is 1. The molecule has 1 saturated heterocycles. The highest BCUT2D eigenvalue weighted by Gasteiger charge is 2.36. The first kappa shape index (κ1) is 25.8. The molecule has 0 radical (unpaired) electrons. The number of nitrogens with one attached hydrogen (secondary N) is 1. The number of hydrogen-bond donors (Lipinski definition) is 1. The van der Waals surface area contributed by atoms with Gasteiger partial charge in [-0.3, -0.25) is 14.9 Å². The molecule has 0 saturated carbocycles. The zero-order chi connectivity index (χ0) is 26.5. The first-order chi connectivity index (χ1) is 17.8. The second-order valence-electron chi connectivity index (χ2n) is 8.34. The summed E-state index contributed by atoms with van der Waals surface area (Å²) >= 11 is 6.46. The van der Waals surface area contributed by atoms with E-state index in [9.17, 15) is 14.4 Å². The minimum absolute atomic E-state index is 0.207. The van der Waals surface area contributed by atoms with Gasteiger partial charge in [-0.15, -0.1) is 0 Å². The van der Waals surface area contributed by atoms with Crippen molar-refractivity contribution in [2.45, 2.75) is 13.8 Å². The first-order valence-electron chi connectivity index (χ1n) is 11.4. The van der Waals surface area contributed by atoms with Crippen LogP contribution in [0.5, 0.6) is 17.2 Å². The standard InChI is InChI=1S/C28H25ClN2O6/c1-17-7-9-20(10-8-17)31-27(33)22(26(32)30-28(31)34)14-19-15-23(29)25(24(16-19)35-3)37-12-11-36-21-6-4-5-18(2)13-21/h4-10,13-16H,11-12H2,1-3H3,(H,30,32,34). The van der Waals surface area contributed by atoms with Crippen LogP contribution in [0.4, 0.5) is 10.5 Å². The zero-order valence-corrected chi connectivity index (χ0v) is 21.3. The molecule has 0 bridgehead atoms. The summed E-state index contributed by atoms with van der Waals surface area (Å²) in [6.07, 6.45) is 1.35. The minimum atomic E-state index is -0.816. The third-order valence-corrected chi connectivity index (χ3v) is 5.83. The number of imide groups is 2. The summed E-state index contributed by atoms with van der Waals surface area (Å²) in [7, 11) is 1.45. The van der Waals surface area contributed by atoms with Crippen LogP contribution in [0.1, 0.15) is 16.7 Å². The number of benzene rings is 3. The van der Waals surface area contributed by atoms with Crippen LogP contribution in [0, 0.1) is 13.8 Å². The fourth-order valence-corrected chi connectivity index (χ4v) is 4.00. The Morgan fingerprint density at radius 1 is 0.919 bits per heavy atom. The van der Waals surface area contributed by atoms with Crippen LogP contribution in [-0.4, -0.2) is 38.2 Å². The van der Waals surface area contributed by atoms with Crippen molar-refractivity contribution < 1.29 is 28.6 Å². The third kappa shape index (κ3) is 5.92. The molecule has 0 spiro atoms. The molecular weight excluding hydrogens is 496 g/mol. The number of aryl methyl sites for hydroxylation is 2. The lowest BCUT2D eigenvalue weighted by molar-refractivity contribution is -0.122. The van der Waals surface area contributed by atoms with Gasteiger partial charge in [-0.1, -0.05) is 41.4 Å². The number of nitrogens with zero attached hydrogens (tertiary/aromatic N) is 1. The van der Waals surface area contributed by atoms with Gasteiger partial charge in [-0.2, -0.15) is 0 Å². The van der Waals surface area contributed by atoms with Gasteiger partial charge in [0.1, 0.15) is 24.5 Å². The maximum Gasteiger partial charge on any atom is 0.335 e. The monoisotopic (exact) mass is 520 g/mol. The number of amides is 4. The van der Waals surface area contributed by atoms with Gasteiger partial charge in [0.15, 0.2) is 11.5 Å². The molecule has 3 aromatic rings. The van der Waals surface area contributed by atoms with Gasteiger partial charge in [0.2, 0.25) is 0 Å². The van der Waals surface area contributed by atoms with Crippen LogP contribution in [0.2, 0.25) is 5.02 Å². The van der Waals surface area contributed by atoms with Gasteiger partial charge in [0, 0.05) is 0 Å². The van der Waals surface area contributed by atoms with Crippen molar-refractivity contribution in [3.63, 3.8) is 0 Å². The van der Waals surface area contributed by atoms with Crippen molar-refractivity contribution in [2.24, 2.45) is 0 Å². The van der Waals surface area contributed by atoms with Crippen LogP contribution in [-0.2, 0) is 9.59 Å². The molecule has 8 nitrogen and oxygen atoms in total. The summed E-state index contributed by atoms with van der Waals surface area (Å²) in [5, 5.41) is 2.42. The average Bonchev–Trinajstić information content (AvgIpc) is 2.86. The fraction of sp³-hybridized carbons (Fsp3) is 0.179. The van der Waals surface area contributed by atoms with E-state index < -0.39 is 17.8 Å². The summed E-state index contributed by atoms with van der Waals surface area (Å²) in [5.74, 6) is -0.208. The Bertz CT molecular complexity index is 1380. The Kier molecular flexibility index (Phi) is 7.79. The Balaban J connectivity index is 1.53. The molecule has 1 N–H and O–H groups in total. The highest BCUT2D eigenvalue weighted by molar-refractivity contribution is 6.39. The summed E-state index contributed by atoms with van der Waals surface area (Å²) < 4.78 is 16.9. The lowest BCUT2D eigenvalue weighted by Gasteiger charge is -2.26. The molecule has 1 aliphatic rings. The number of carbonyl (C=O) groups is 3. The van der Waals surface area contributed by atoms with Gasteiger partial charge >= 0.3 is 6.03 Å². The topological polar surface area (TPSA) is 94.2 Å². The van der Waals surface area contributed by atoms with Crippen LogP contribution in [0.15, 0.2) is 66.2 Å². The molecule has 0 aromatic heterocycles. The number of urea groups is 1. The zero-order valence-electron chi connectivity index (χ0n) is 20.5. The van der Waals surface area contributed by atoms with Crippen molar-refractivity contribution in [1.82, 2.24) is 5.32 Å². The molecule has 1 aliphatic heterocycles. The molecule has 9 heteroatoms. The summed E-state index contributed by atoms with van der Waals surface area (Å²) in [5.41, 5.74) is 2.59. The number of barbiturate groups is 1. The van der Waals surface area contributed by atoms with E-state index in [0.717, 1.165) is 21.8 Å². The Hall–Kier alpha value is -4.30. The van der Waals surface area contributed by atoms with E-state index in [1.807, 2.05) is 38.1 Å². The van der Waals surface area contributed by atoms with E-state index in [2.05, 4.69) is 5.32 Å². The van der Waals surface area contributed by atoms with E-state index >= 15 is 0 Å². The van der Waals surface area contributed by atoms with E-state index in [0.29, 0.717) is 22.7 Å². The molecule has 4 amide bonds. The predicted octanol–water partition coefficient (Wildman–Crippen LogP) is 5.09. The molecule has 1 fully saturated rings. The van der Waals surface area contributed by atoms with Gasteiger partial charge in [-0.05, 0) is 67.4 Å². The van der Waals surface area contributed by atoms with Gasteiger partial charge < -0.3 is 14.2 Å². The van der Waals surface area contributed by atoms with E-state index in [4.69, 9.17) is 25.8 Å². The van der Waals surface area contributed by atoms with Crippen LogP contribution in [0.25, 0.3) is 6.08 Å². The highest BCUT2D eigenvalue weighted by atomic mass is 35.5. The van der Waals surface area contributed by atoms with Gasteiger partial charge in [0.05, 0.1) is 17.8 Å². The number of ether oxygens (including phenoxy) is 3. The van der Waals surface area contributed by atoms with Crippen LogP contribution in [0.3, 0.4) is 0 Å². The quantitative estimate of drug-likeness (QED) is 0.252. The Morgan fingerprint density at radius 3 is 2.35 bits per heavy atom. The molecule has 0 aliphatic carbocycles. The second kappa shape index (κ2) is 11.2. The third-order valence-electron chi connectivity index (χ3n) is 5.54. The summed E-state index contributed by atoms with van der Waals surface area (Å²) in [6, 6.07) is 16.8. The van der Waals surface area contributed by atoms with E-state index in [1.165, 1.54) is 13.2 Å². The van der Waals surface area contributed by atoms with Gasteiger partial charge in [0.25, 0.3) is 11.8 Å². The number of halogens is 1. The molecule has 0 atom stereocenters. The fourth-order valence-electron chi connectivity index (χ4n) is 3.72. The Labute approximate surface area is 219 Å². The molecule has 1 heterocycles. The molecular formula is C28H25ClN2O6. The highest BCUT2D eigenvalue weighted by Crippen LogP contribution is 2.37. The molecule has 37 heavy (non-hydrogen) atoms. The molecule has 4 rings (SSSR count). The lowest BCUT2D eigenvalue weighted by atomic mass is 10.1. The van der Waals surface area contributed by atoms with Crippen LogP contribution >= 0.6 is 11.6 Å². The predicted molar refractivity (Wildman–Crippen MR) is 140 cm³/mol. The molecule has 0 unspecified atom stereocenters. The van der Waals surface area contributed by atoms with Crippen molar-refractivity contribution in [3.8, 4) is 17.2 Å².